The number of hydrazone groups is 2. The Morgan fingerprint density at radius 1 is 0.448 bits per heavy atom. The van der Waals surface area contributed by atoms with Gasteiger partial charge < -0.3 is 9.13 Å². The number of benzene rings is 6. The van der Waals surface area contributed by atoms with Crippen LogP contribution >= 0.6 is 0 Å². The number of aryl methyl sites for hydroxylation is 2. The Balaban J connectivity index is 1.20. The van der Waals surface area contributed by atoms with Crippen LogP contribution in [0.1, 0.15) is 83.3 Å². The van der Waals surface area contributed by atoms with Crippen LogP contribution in [0.15, 0.2) is 156 Å². The molecule has 6 aromatic carbocycles. The fraction of sp³-hybridized carbons (Fsp3) is 0.269. The van der Waals surface area contributed by atoms with Gasteiger partial charge in [0, 0.05) is 56.7 Å². The fourth-order valence-corrected chi connectivity index (χ4v) is 8.67. The van der Waals surface area contributed by atoms with E-state index < -0.39 is 0 Å². The lowest BCUT2D eigenvalue weighted by atomic mass is 10.1. The molecule has 0 atom stereocenters. The third-order valence-corrected chi connectivity index (χ3v) is 11.6. The van der Waals surface area contributed by atoms with E-state index in [1.54, 1.807) is 0 Å². The maximum atomic E-state index is 5.39. The second kappa shape index (κ2) is 18.4. The molecule has 0 aliphatic rings. The molecule has 0 saturated carbocycles. The van der Waals surface area contributed by atoms with E-state index in [1.807, 2.05) is 12.4 Å². The zero-order valence-electron chi connectivity index (χ0n) is 34.3. The monoisotopic (exact) mass is 764 g/mol. The van der Waals surface area contributed by atoms with Crippen LogP contribution in [0.4, 0.5) is 11.4 Å². The third kappa shape index (κ3) is 8.15. The maximum absolute atomic E-state index is 5.39. The number of nitrogens with zero attached hydrogens (tertiary/aromatic N) is 6. The molecule has 0 unspecified atom stereocenters. The highest BCUT2D eigenvalue weighted by molar-refractivity contribution is 6.10. The summed E-state index contributed by atoms with van der Waals surface area (Å²) in [5.74, 6) is 0. The molecule has 2 heterocycles. The van der Waals surface area contributed by atoms with Crippen molar-refractivity contribution in [2.24, 2.45) is 10.2 Å². The van der Waals surface area contributed by atoms with Crippen molar-refractivity contribution in [3.05, 3.63) is 157 Å². The molecule has 294 valence electrons. The first kappa shape index (κ1) is 38.7. The number of rotatable bonds is 18. The standard InChI is InChI=1S/C52H56N6/c1-4-7-8-9-10-11-18-31-52(57(42-23-14-12-15-24-42)53-38-40-32-34-50-46(36-40)44-27-19-21-29-48(44)55(50)5-2)58(43-25-16-13-17-26-43)54-39-41-33-35-51-47(37-41)45-28-20-22-30-49(45)56(51)6-3/h12-17,19-30,32-39,52H,4-11,18,31H2,1-3H3. The second-order valence-electron chi connectivity index (χ2n) is 15.3. The highest BCUT2D eigenvalue weighted by Gasteiger charge is 2.26. The summed E-state index contributed by atoms with van der Waals surface area (Å²) in [7, 11) is 0. The molecular weight excluding hydrogens is 709 g/mol. The highest BCUT2D eigenvalue weighted by Crippen LogP contribution is 2.32. The minimum absolute atomic E-state index is 0.190. The molecule has 0 aliphatic heterocycles. The van der Waals surface area contributed by atoms with Crippen molar-refractivity contribution in [1.29, 1.82) is 0 Å². The molecule has 58 heavy (non-hydrogen) atoms. The van der Waals surface area contributed by atoms with Gasteiger partial charge in [0.15, 0.2) is 0 Å². The van der Waals surface area contributed by atoms with E-state index in [0.29, 0.717) is 0 Å². The van der Waals surface area contributed by atoms with Crippen LogP contribution in [0.5, 0.6) is 0 Å². The Bertz CT molecular complexity index is 2460. The first-order valence-electron chi connectivity index (χ1n) is 21.5. The number of aromatic nitrogens is 2. The van der Waals surface area contributed by atoms with E-state index in [1.165, 1.54) is 82.1 Å². The summed E-state index contributed by atoms with van der Waals surface area (Å²) in [5, 5.41) is 20.2. The van der Waals surface area contributed by atoms with Crippen molar-refractivity contribution in [2.45, 2.75) is 91.4 Å². The van der Waals surface area contributed by atoms with Crippen molar-refractivity contribution in [2.75, 3.05) is 10.0 Å². The number of fused-ring (bicyclic) bond motifs is 6. The Morgan fingerprint density at radius 2 is 0.862 bits per heavy atom. The van der Waals surface area contributed by atoms with E-state index in [4.69, 9.17) is 10.2 Å². The highest BCUT2D eigenvalue weighted by atomic mass is 15.6. The Kier molecular flexibility index (Phi) is 12.3. The van der Waals surface area contributed by atoms with Crippen LogP contribution in [-0.4, -0.2) is 27.7 Å². The number of unbranched alkanes of at least 4 members (excludes halogenated alkanes) is 6. The zero-order chi connectivity index (χ0) is 39.7. The molecule has 8 rings (SSSR count). The lowest BCUT2D eigenvalue weighted by Gasteiger charge is -2.36. The molecule has 0 N–H and O–H groups in total. The molecule has 0 bridgehead atoms. The van der Waals surface area contributed by atoms with Crippen molar-refractivity contribution < 1.29 is 0 Å². The van der Waals surface area contributed by atoms with Crippen molar-refractivity contribution >= 4 is 67.4 Å². The maximum Gasteiger partial charge on any atom is 0.144 e. The van der Waals surface area contributed by atoms with Gasteiger partial charge in [0.25, 0.3) is 0 Å². The molecule has 2 aromatic heterocycles. The van der Waals surface area contributed by atoms with Crippen LogP contribution in [0.3, 0.4) is 0 Å². The summed E-state index contributed by atoms with van der Waals surface area (Å²) in [5.41, 5.74) is 9.22. The van der Waals surface area contributed by atoms with Gasteiger partial charge in [0.05, 0.1) is 23.8 Å². The molecule has 0 fully saturated rings. The summed E-state index contributed by atoms with van der Waals surface area (Å²) in [6.45, 7) is 8.56. The molecule has 0 aliphatic carbocycles. The largest absolute Gasteiger partial charge is 0.341 e. The topological polar surface area (TPSA) is 41.1 Å². The van der Waals surface area contributed by atoms with Gasteiger partial charge in [-0.05, 0) is 98.5 Å². The third-order valence-electron chi connectivity index (χ3n) is 11.6. The van der Waals surface area contributed by atoms with Crippen LogP contribution in [0, 0.1) is 0 Å². The van der Waals surface area contributed by atoms with Gasteiger partial charge >= 0.3 is 0 Å². The lowest BCUT2D eigenvalue weighted by molar-refractivity contribution is 0.491. The minimum Gasteiger partial charge on any atom is -0.341 e. The molecule has 0 spiro atoms. The first-order chi connectivity index (χ1) is 28.7. The lowest BCUT2D eigenvalue weighted by Crippen LogP contribution is -2.44. The average molecular weight is 765 g/mol. The molecule has 0 radical (unpaired) electrons. The van der Waals surface area contributed by atoms with Crippen LogP contribution in [0.25, 0.3) is 43.6 Å². The van der Waals surface area contributed by atoms with E-state index in [9.17, 15) is 0 Å². The van der Waals surface area contributed by atoms with Gasteiger partial charge in [-0.25, -0.2) is 10.0 Å². The van der Waals surface area contributed by atoms with E-state index in [-0.39, 0.29) is 6.17 Å². The molecule has 0 saturated heterocycles. The average Bonchev–Trinajstić information content (AvgIpc) is 3.77. The number of anilines is 2. The molecule has 6 heteroatoms. The summed E-state index contributed by atoms with van der Waals surface area (Å²) < 4.78 is 4.80. The van der Waals surface area contributed by atoms with Crippen molar-refractivity contribution in [1.82, 2.24) is 9.13 Å². The predicted molar refractivity (Wildman–Crippen MR) is 250 cm³/mol. The molecule has 0 amide bonds. The van der Waals surface area contributed by atoms with Gasteiger partial charge in [0.1, 0.15) is 6.17 Å². The summed E-state index contributed by atoms with van der Waals surface area (Å²) in [6.07, 6.45) is 13.4. The van der Waals surface area contributed by atoms with Gasteiger partial charge in [-0.1, -0.05) is 130 Å². The van der Waals surface area contributed by atoms with Gasteiger partial charge in [-0.2, -0.15) is 10.2 Å². The summed E-state index contributed by atoms with van der Waals surface area (Å²) in [6, 6.07) is 52.1. The molecule has 8 aromatic rings. The van der Waals surface area contributed by atoms with Crippen molar-refractivity contribution in [3.63, 3.8) is 0 Å². The predicted octanol–water partition coefficient (Wildman–Crippen LogP) is 13.8. The quantitative estimate of drug-likeness (QED) is 0.0378. The second-order valence-corrected chi connectivity index (χ2v) is 15.3. The van der Waals surface area contributed by atoms with Gasteiger partial charge in [0.2, 0.25) is 0 Å². The van der Waals surface area contributed by atoms with Crippen LogP contribution in [-0.2, 0) is 13.1 Å². The summed E-state index contributed by atoms with van der Waals surface area (Å²) in [4.78, 5) is 0. The van der Waals surface area contributed by atoms with Gasteiger partial charge in [-0.15, -0.1) is 0 Å². The number of para-hydroxylation sites is 4. The zero-order valence-corrected chi connectivity index (χ0v) is 34.3. The fourth-order valence-electron chi connectivity index (χ4n) is 8.67. The summed E-state index contributed by atoms with van der Waals surface area (Å²) >= 11 is 0. The first-order valence-corrected chi connectivity index (χ1v) is 21.5. The van der Waals surface area contributed by atoms with Crippen LogP contribution < -0.4 is 10.0 Å². The molecule has 6 nitrogen and oxygen atoms in total. The van der Waals surface area contributed by atoms with Crippen molar-refractivity contribution in [3.8, 4) is 0 Å². The number of hydrogen-bond donors (Lipinski definition) is 0. The SMILES string of the molecule is CCCCCCCCCC(N(N=Cc1ccc2c(c1)c1ccccc1n2CC)c1ccccc1)N(N=Cc1ccc2c(c1)c1ccccc1n2CC)c1ccccc1. The molecular formula is C52H56N6. The Morgan fingerprint density at radius 3 is 1.33 bits per heavy atom. The van der Waals surface area contributed by atoms with Gasteiger partial charge in [-0.3, -0.25) is 0 Å². The number of hydrogen-bond acceptors (Lipinski definition) is 4. The van der Waals surface area contributed by atoms with E-state index in [2.05, 4.69) is 186 Å². The normalized spacial score (nSPS) is 12.5. The Labute approximate surface area is 343 Å². The van der Waals surface area contributed by atoms with E-state index in [0.717, 1.165) is 48.4 Å². The smallest absolute Gasteiger partial charge is 0.144 e. The minimum atomic E-state index is -0.190. The van der Waals surface area contributed by atoms with Crippen LogP contribution in [0.2, 0.25) is 0 Å². The Hall–Kier alpha value is -6.14. The van der Waals surface area contributed by atoms with E-state index >= 15 is 0 Å².